The highest BCUT2D eigenvalue weighted by molar-refractivity contribution is 6.00. The lowest BCUT2D eigenvalue weighted by molar-refractivity contribution is -0.127. The predicted octanol–water partition coefficient (Wildman–Crippen LogP) is 1.40. The van der Waals surface area contributed by atoms with Crippen molar-refractivity contribution >= 4 is 23.6 Å². The van der Waals surface area contributed by atoms with Gasteiger partial charge in [-0.1, -0.05) is 0 Å². The van der Waals surface area contributed by atoms with E-state index < -0.39 is 5.92 Å². The monoisotopic (exact) mass is 405 g/mol. The minimum absolute atomic E-state index is 0.00589. The molecule has 1 unspecified atom stereocenters. The van der Waals surface area contributed by atoms with E-state index >= 15 is 0 Å². The van der Waals surface area contributed by atoms with Gasteiger partial charge in [0.15, 0.2) is 11.5 Å². The van der Waals surface area contributed by atoms with Crippen molar-refractivity contribution in [2.75, 3.05) is 45.9 Å². The van der Waals surface area contributed by atoms with Crippen molar-refractivity contribution in [2.45, 2.75) is 25.3 Å². The Morgan fingerprint density at radius 2 is 1.76 bits per heavy atom. The normalized spacial score (nSPS) is 19.8. The highest BCUT2D eigenvalue weighted by Crippen LogP contribution is 2.34. The summed E-state index contributed by atoms with van der Waals surface area (Å²) in [7, 11) is 4.45. The van der Waals surface area contributed by atoms with Crippen LogP contribution in [-0.2, 0) is 14.3 Å². The Morgan fingerprint density at radius 1 is 1.07 bits per heavy atom. The van der Waals surface area contributed by atoms with E-state index in [4.69, 9.17) is 14.2 Å². The fourth-order valence-corrected chi connectivity index (χ4v) is 3.78. The van der Waals surface area contributed by atoms with Crippen molar-refractivity contribution in [3.63, 3.8) is 0 Å². The number of benzene rings is 1. The number of hydrogen-bond donors (Lipinski definition) is 1. The van der Waals surface area contributed by atoms with Gasteiger partial charge in [0.2, 0.25) is 11.8 Å². The third kappa shape index (κ3) is 4.55. The zero-order valence-corrected chi connectivity index (χ0v) is 17.0. The summed E-state index contributed by atoms with van der Waals surface area (Å²) in [6.45, 7) is 1.40. The number of amides is 3. The molecule has 0 aliphatic carbocycles. The lowest BCUT2D eigenvalue weighted by Gasteiger charge is -2.31. The molecule has 1 N–H and O–H groups in total. The zero-order valence-electron chi connectivity index (χ0n) is 17.0. The van der Waals surface area contributed by atoms with Gasteiger partial charge in [-0.3, -0.25) is 9.59 Å². The van der Waals surface area contributed by atoms with Crippen molar-refractivity contribution in [3.8, 4) is 11.5 Å². The van der Waals surface area contributed by atoms with E-state index in [1.807, 2.05) is 0 Å². The highest BCUT2D eigenvalue weighted by Gasteiger charge is 2.36. The molecule has 3 rings (SSSR count). The van der Waals surface area contributed by atoms with Crippen molar-refractivity contribution in [2.24, 2.45) is 5.92 Å². The van der Waals surface area contributed by atoms with E-state index in [0.29, 0.717) is 49.7 Å². The summed E-state index contributed by atoms with van der Waals surface area (Å²) >= 11 is 0. The number of nitrogens with one attached hydrogen (secondary N) is 1. The molecule has 0 spiro atoms. The second-order valence-electron chi connectivity index (χ2n) is 7.18. The predicted molar refractivity (Wildman–Crippen MR) is 105 cm³/mol. The van der Waals surface area contributed by atoms with Crippen LogP contribution in [0.3, 0.4) is 0 Å². The number of carbonyl (C=O) groups excluding carboxylic acids is 3. The molecule has 0 saturated carbocycles. The molecule has 2 aliphatic heterocycles. The Morgan fingerprint density at radius 3 is 2.38 bits per heavy atom. The van der Waals surface area contributed by atoms with Crippen LogP contribution in [0.5, 0.6) is 11.5 Å². The molecule has 0 radical (unpaired) electrons. The first-order chi connectivity index (χ1) is 14.0. The highest BCUT2D eigenvalue weighted by atomic mass is 16.5. The van der Waals surface area contributed by atoms with Crippen LogP contribution < -0.4 is 19.7 Å². The number of methoxy groups -OCH3 is 3. The molecule has 2 aliphatic rings. The van der Waals surface area contributed by atoms with Gasteiger partial charge in [-0.15, -0.1) is 0 Å². The maximum absolute atomic E-state index is 12.7. The Bertz CT molecular complexity index is 775. The molecule has 2 saturated heterocycles. The molecule has 158 valence electrons. The van der Waals surface area contributed by atoms with E-state index in [2.05, 4.69) is 5.32 Å². The third-order valence-corrected chi connectivity index (χ3v) is 5.45. The number of ether oxygens (including phenoxy) is 3. The van der Waals surface area contributed by atoms with Gasteiger partial charge in [0.1, 0.15) is 0 Å². The summed E-state index contributed by atoms with van der Waals surface area (Å²) in [5.74, 6) is 0.475. The van der Waals surface area contributed by atoms with Crippen molar-refractivity contribution < 1.29 is 28.6 Å². The number of likely N-dealkylation sites (tertiary alicyclic amines) is 1. The quantitative estimate of drug-likeness (QED) is 0.795. The summed E-state index contributed by atoms with van der Waals surface area (Å²) < 4.78 is 15.3. The molecule has 0 aromatic heterocycles. The van der Waals surface area contributed by atoms with E-state index in [-0.39, 0.29) is 30.4 Å². The van der Waals surface area contributed by atoms with Gasteiger partial charge in [0, 0.05) is 43.9 Å². The first-order valence-electron chi connectivity index (χ1n) is 9.62. The van der Waals surface area contributed by atoms with Gasteiger partial charge in [-0.05, 0) is 25.0 Å². The summed E-state index contributed by atoms with van der Waals surface area (Å²) in [5.41, 5.74) is 0.675. The molecular formula is C20H27N3O6. The third-order valence-electron chi connectivity index (χ3n) is 5.45. The minimum atomic E-state index is -0.408. The Balaban J connectivity index is 1.57. The van der Waals surface area contributed by atoms with Gasteiger partial charge >= 0.3 is 6.09 Å². The molecule has 29 heavy (non-hydrogen) atoms. The molecule has 9 heteroatoms. The second kappa shape index (κ2) is 9.02. The lowest BCUT2D eigenvalue weighted by Crippen LogP contribution is -2.48. The van der Waals surface area contributed by atoms with Crippen LogP contribution in [0.25, 0.3) is 0 Å². The first kappa shape index (κ1) is 20.8. The second-order valence-corrected chi connectivity index (χ2v) is 7.18. The molecule has 1 atom stereocenters. The van der Waals surface area contributed by atoms with Gasteiger partial charge in [0.25, 0.3) is 0 Å². The van der Waals surface area contributed by atoms with Crippen molar-refractivity contribution in [1.29, 1.82) is 0 Å². The maximum atomic E-state index is 12.7. The number of rotatable bonds is 5. The SMILES string of the molecule is COC(=O)N1CCC(NC(=O)C2CC(=O)N(c3ccc(OC)c(OC)c3)C2)CC1. The molecular weight excluding hydrogens is 378 g/mol. The number of carbonyl (C=O) groups is 3. The largest absolute Gasteiger partial charge is 0.493 e. The Hall–Kier alpha value is -2.97. The minimum Gasteiger partial charge on any atom is -0.493 e. The van der Waals surface area contributed by atoms with Crippen LogP contribution in [0.15, 0.2) is 18.2 Å². The molecule has 2 heterocycles. The first-order valence-corrected chi connectivity index (χ1v) is 9.62. The molecule has 0 bridgehead atoms. The van der Waals surface area contributed by atoms with Gasteiger partial charge in [0.05, 0.1) is 27.2 Å². The molecule has 1 aromatic rings. The number of anilines is 1. The molecule has 3 amide bonds. The van der Waals surface area contributed by atoms with Gasteiger partial charge in [-0.25, -0.2) is 4.79 Å². The standard InChI is InChI=1S/C20H27N3O6/c1-27-16-5-4-15(11-17(16)28-2)23-12-13(10-18(23)24)19(25)21-14-6-8-22(9-7-14)20(26)29-3/h4-5,11,13-14H,6-10,12H2,1-3H3,(H,21,25). The van der Waals surface area contributed by atoms with Crippen LogP contribution in [-0.4, -0.2) is 69.8 Å². The van der Waals surface area contributed by atoms with Crippen LogP contribution in [0.1, 0.15) is 19.3 Å². The summed E-state index contributed by atoms with van der Waals surface area (Å²) in [5, 5.41) is 3.03. The van der Waals surface area contributed by atoms with Crippen LogP contribution in [0.4, 0.5) is 10.5 Å². The number of piperidine rings is 1. The topological polar surface area (TPSA) is 97.4 Å². The van der Waals surface area contributed by atoms with E-state index in [1.165, 1.54) is 14.2 Å². The van der Waals surface area contributed by atoms with Crippen molar-refractivity contribution in [3.05, 3.63) is 18.2 Å². The van der Waals surface area contributed by atoms with Crippen molar-refractivity contribution in [1.82, 2.24) is 10.2 Å². The fourth-order valence-electron chi connectivity index (χ4n) is 3.78. The van der Waals surface area contributed by atoms with E-state index in [0.717, 1.165) is 0 Å². The number of hydrogen-bond acceptors (Lipinski definition) is 6. The Labute approximate surface area is 169 Å². The zero-order chi connectivity index (χ0) is 21.0. The summed E-state index contributed by atoms with van der Waals surface area (Å²) in [6, 6.07) is 5.25. The average Bonchev–Trinajstić information content (AvgIpc) is 3.15. The Kier molecular flexibility index (Phi) is 6.46. The average molecular weight is 405 g/mol. The number of nitrogens with zero attached hydrogens (tertiary/aromatic N) is 2. The van der Waals surface area contributed by atoms with Crippen LogP contribution >= 0.6 is 0 Å². The molecule has 1 aromatic carbocycles. The lowest BCUT2D eigenvalue weighted by atomic mass is 10.0. The van der Waals surface area contributed by atoms with Crippen LogP contribution in [0.2, 0.25) is 0 Å². The maximum Gasteiger partial charge on any atom is 0.409 e. The summed E-state index contributed by atoms with van der Waals surface area (Å²) in [4.78, 5) is 40.0. The fraction of sp³-hybridized carbons (Fsp3) is 0.550. The van der Waals surface area contributed by atoms with E-state index in [1.54, 1.807) is 35.1 Å². The van der Waals surface area contributed by atoms with Gasteiger partial charge in [-0.2, -0.15) is 0 Å². The van der Waals surface area contributed by atoms with E-state index in [9.17, 15) is 14.4 Å². The smallest absolute Gasteiger partial charge is 0.409 e. The molecule has 9 nitrogen and oxygen atoms in total. The molecule has 2 fully saturated rings. The summed E-state index contributed by atoms with van der Waals surface area (Å²) in [6.07, 6.45) is 1.16. The van der Waals surface area contributed by atoms with Gasteiger partial charge < -0.3 is 29.3 Å². The van der Waals surface area contributed by atoms with Crippen LogP contribution in [0, 0.1) is 5.92 Å².